The average Bonchev–Trinajstić information content (AvgIpc) is 3.13. The van der Waals surface area contributed by atoms with E-state index in [1.54, 1.807) is 0 Å². The molecule has 4 rings (SSSR count). The number of rotatable bonds is 5. The summed E-state index contributed by atoms with van der Waals surface area (Å²) < 4.78 is 10.7. The van der Waals surface area contributed by atoms with Crippen molar-refractivity contribution in [1.29, 1.82) is 0 Å². The number of hydrogen-bond acceptors (Lipinski definition) is 5. The predicted octanol–water partition coefficient (Wildman–Crippen LogP) is 3.99. The van der Waals surface area contributed by atoms with Crippen LogP contribution in [0.25, 0.3) is 10.9 Å². The molecule has 2 heterocycles. The van der Waals surface area contributed by atoms with Gasteiger partial charge in [-0.25, -0.2) is 4.98 Å². The van der Waals surface area contributed by atoms with Crippen LogP contribution < -0.4 is 14.8 Å². The first kappa shape index (κ1) is 17.7. The van der Waals surface area contributed by atoms with E-state index in [2.05, 4.69) is 36.5 Å². The van der Waals surface area contributed by atoms with E-state index in [-0.39, 0.29) is 12.7 Å². The zero-order chi connectivity index (χ0) is 18.8. The van der Waals surface area contributed by atoms with Crippen molar-refractivity contribution < 1.29 is 14.3 Å². The summed E-state index contributed by atoms with van der Waals surface area (Å²) in [6, 6.07) is 14.0. The standard InChI is InChI=1S/C21H20N2O3S/c1-13-3-5-16-8-14(2)21(23-17(16)7-13)27-11-20(24)22-10-15-4-6-18-19(9-15)26-12-25-18/h3-9H,10-12H2,1-2H3,(H,22,24). The minimum absolute atomic E-state index is 0.0248. The number of fused-ring (bicyclic) bond motifs is 2. The molecule has 6 heteroatoms. The molecular formula is C21H20N2O3S. The van der Waals surface area contributed by atoms with Crippen LogP contribution in [0.3, 0.4) is 0 Å². The first-order chi connectivity index (χ1) is 13.1. The van der Waals surface area contributed by atoms with E-state index in [4.69, 9.17) is 14.5 Å². The SMILES string of the molecule is Cc1ccc2cc(C)c(SCC(=O)NCc3ccc4c(c3)OCO4)nc2c1. The molecule has 138 valence electrons. The van der Waals surface area contributed by atoms with Crippen LogP contribution in [0.4, 0.5) is 0 Å². The predicted molar refractivity (Wildman–Crippen MR) is 106 cm³/mol. The Bertz CT molecular complexity index is 1020. The number of aryl methyl sites for hydroxylation is 2. The molecule has 0 radical (unpaired) electrons. The van der Waals surface area contributed by atoms with Gasteiger partial charge in [-0.05, 0) is 54.8 Å². The molecule has 0 saturated carbocycles. The van der Waals surface area contributed by atoms with Crippen molar-refractivity contribution in [2.45, 2.75) is 25.4 Å². The molecule has 27 heavy (non-hydrogen) atoms. The highest BCUT2D eigenvalue weighted by Gasteiger charge is 2.14. The van der Waals surface area contributed by atoms with Gasteiger partial charge in [-0.3, -0.25) is 4.79 Å². The second kappa shape index (κ2) is 7.48. The number of pyridine rings is 1. The molecule has 0 bridgehead atoms. The second-order valence-corrected chi connectivity index (χ2v) is 7.52. The van der Waals surface area contributed by atoms with Gasteiger partial charge in [-0.1, -0.05) is 30.0 Å². The molecule has 1 N–H and O–H groups in total. The molecule has 0 atom stereocenters. The van der Waals surface area contributed by atoms with Gasteiger partial charge in [-0.15, -0.1) is 0 Å². The van der Waals surface area contributed by atoms with Gasteiger partial charge in [0.15, 0.2) is 11.5 Å². The number of nitrogens with one attached hydrogen (secondary N) is 1. The van der Waals surface area contributed by atoms with Crippen molar-refractivity contribution >= 4 is 28.6 Å². The van der Waals surface area contributed by atoms with E-state index >= 15 is 0 Å². The number of hydrogen-bond donors (Lipinski definition) is 1. The lowest BCUT2D eigenvalue weighted by atomic mass is 10.1. The zero-order valence-corrected chi connectivity index (χ0v) is 16.1. The summed E-state index contributed by atoms with van der Waals surface area (Å²) in [4.78, 5) is 17.0. The summed E-state index contributed by atoms with van der Waals surface area (Å²) in [5.74, 6) is 1.77. The molecule has 1 aromatic heterocycles. The van der Waals surface area contributed by atoms with Gasteiger partial charge in [0.25, 0.3) is 0 Å². The van der Waals surface area contributed by atoms with E-state index < -0.39 is 0 Å². The third kappa shape index (κ3) is 4.01. The van der Waals surface area contributed by atoms with E-state index in [0.717, 1.165) is 38.6 Å². The Labute approximate surface area is 162 Å². The van der Waals surface area contributed by atoms with Crippen molar-refractivity contribution in [1.82, 2.24) is 10.3 Å². The van der Waals surface area contributed by atoms with Crippen LogP contribution in [0.2, 0.25) is 0 Å². The summed E-state index contributed by atoms with van der Waals surface area (Å²) in [6.07, 6.45) is 0. The lowest BCUT2D eigenvalue weighted by Crippen LogP contribution is -2.24. The van der Waals surface area contributed by atoms with E-state index in [1.165, 1.54) is 17.3 Å². The maximum absolute atomic E-state index is 12.2. The van der Waals surface area contributed by atoms with Crippen LogP contribution in [0.5, 0.6) is 11.5 Å². The highest BCUT2D eigenvalue weighted by atomic mass is 32.2. The van der Waals surface area contributed by atoms with Crippen LogP contribution in [-0.4, -0.2) is 23.4 Å². The fraction of sp³-hybridized carbons (Fsp3) is 0.238. The maximum Gasteiger partial charge on any atom is 0.231 e. The van der Waals surface area contributed by atoms with Crippen LogP contribution >= 0.6 is 11.8 Å². The van der Waals surface area contributed by atoms with Gasteiger partial charge in [0.2, 0.25) is 12.7 Å². The molecule has 1 aliphatic heterocycles. The van der Waals surface area contributed by atoms with Gasteiger partial charge in [-0.2, -0.15) is 0 Å². The quantitative estimate of drug-likeness (QED) is 0.678. The summed E-state index contributed by atoms with van der Waals surface area (Å²) in [5.41, 5.74) is 4.20. The Morgan fingerprint density at radius 1 is 1.11 bits per heavy atom. The topological polar surface area (TPSA) is 60.5 Å². The van der Waals surface area contributed by atoms with Crippen LogP contribution in [0.15, 0.2) is 47.5 Å². The lowest BCUT2D eigenvalue weighted by Gasteiger charge is -2.09. The second-order valence-electron chi connectivity index (χ2n) is 6.56. The summed E-state index contributed by atoms with van der Waals surface area (Å²) in [5, 5.41) is 4.96. The zero-order valence-electron chi connectivity index (χ0n) is 15.2. The molecule has 5 nitrogen and oxygen atoms in total. The van der Waals surface area contributed by atoms with E-state index in [9.17, 15) is 4.79 Å². The molecule has 0 unspecified atom stereocenters. The number of amides is 1. The fourth-order valence-electron chi connectivity index (χ4n) is 2.95. The Hall–Kier alpha value is -2.73. The Balaban J connectivity index is 1.36. The minimum atomic E-state index is -0.0248. The van der Waals surface area contributed by atoms with E-state index in [1.807, 2.05) is 25.1 Å². The first-order valence-corrected chi connectivity index (χ1v) is 9.73. The minimum Gasteiger partial charge on any atom is -0.454 e. The number of carbonyl (C=O) groups is 1. The molecule has 1 aliphatic rings. The number of benzene rings is 2. The molecule has 2 aromatic carbocycles. The van der Waals surface area contributed by atoms with Crippen molar-refractivity contribution in [3.63, 3.8) is 0 Å². The molecule has 0 spiro atoms. The van der Waals surface area contributed by atoms with Gasteiger partial charge >= 0.3 is 0 Å². The number of nitrogens with zero attached hydrogens (tertiary/aromatic N) is 1. The summed E-state index contributed by atoms with van der Waals surface area (Å²) in [6.45, 7) is 4.79. The van der Waals surface area contributed by atoms with E-state index in [0.29, 0.717) is 12.3 Å². The molecular weight excluding hydrogens is 360 g/mol. The molecule has 3 aromatic rings. The van der Waals surface area contributed by atoms with Crippen molar-refractivity contribution in [2.24, 2.45) is 0 Å². The number of ether oxygens (including phenoxy) is 2. The number of carbonyl (C=O) groups excluding carboxylic acids is 1. The van der Waals surface area contributed by atoms with Crippen LogP contribution in [-0.2, 0) is 11.3 Å². The third-order valence-electron chi connectivity index (χ3n) is 4.38. The monoisotopic (exact) mass is 380 g/mol. The lowest BCUT2D eigenvalue weighted by molar-refractivity contribution is -0.118. The van der Waals surface area contributed by atoms with Crippen molar-refractivity contribution in [3.8, 4) is 11.5 Å². The molecule has 1 amide bonds. The smallest absolute Gasteiger partial charge is 0.231 e. The maximum atomic E-state index is 12.2. The largest absolute Gasteiger partial charge is 0.454 e. The van der Waals surface area contributed by atoms with Gasteiger partial charge in [0.05, 0.1) is 11.3 Å². The Morgan fingerprint density at radius 3 is 2.85 bits per heavy atom. The van der Waals surface area contributed by atoms with Gasteiger partial charge in [0, 0.05) is 11.9 Å². The molecule has 0 aliphatic carbocycles. The van der Waals surface area contributed by atoms with Gasteiger partial charge in [0.1, 0.15) is 5.03 Å². The van der Waals surface area contributed by atoms with Crippen LogP contribution in [0, 0.1) is 13.8 Å². The molecule has 0 saturated heterocycles. The highest BCUT2D eigenvalue weighted by Crippen LogP contribution is 2.32. The summed E-state index contributed by atoms with van der Waals surface area (Å²) >= 11 is 1.46. The van der Waals surface area contributed by atoms with Crippen molar-refractivity contribution in [3.05, 3.63) is 59.2 Å². The third-order valence-corrected chi connectivity index (χ3v) is 5.48. The summed E-state index contributed by atoms with van der Waals surface area (Å²) in [7, 11) is 0. The number of aromatic nitrogens is 1. The Kier molecular flexibility index (Phi) is 4.90. The van der Waals surface area contributed by atoms with Gasteiger partial charge < -0.3 is 14.8 Å². The number of thioether (sulfide) groups is 1. The highest BCUT2D eigenvalue weighted by molar-refractivity contribution is 7.99. The normalized spacial score (nSPS) is 12.4. The average molecular weight is 380 g/mol. The first-order valence-electron chi connectivity index (χ1n) is 8.74. The Morgan fingerprint density at radius 2 is 1.96 bits per heavy atom. The van der Waals surface area contributed by atoms with Crippen molar-refractivity contribution in [2.75, 3.05) is 12.5 Å². The van der Waals surface area contributed by atoms with Crippen LogP contribution in [0.1, 0.15) is 16.7 Å². The fourth-order valence-corrected chi connectivity index (χ4v) is 3.77. The molecule has 0 fully saturated rings.